The van der Waals surface area contributed by atoms with E-state index in [1.807, 2.05) is 0 Å². The van der Waals surface area contributed by atoms with E-state index in [-0.39, 0.29) is 11.3 Å². The maximum absolute atomic E-state index is 12.5. The molecule has 1 aliphatic rings. The van der Waals surface area contributed by atoms with E-state index in [0.717, 1.165) is 4.90 Å². The van der Waals surface area contributed by atoms with E-state index in [4.69, 9.17) is 5.73 Å². The predicted molar refractivity (Wildman–Crippen MR) is 49.5 cm³/mol. The fraction of sp³-hybridized carbons (Fsp3) is 0.333. The van der Waals surface area contributed by atoms with Crippen molar-refractivity contribution in [1.82, 2.24) is 9.88 Å². The number of nitrogens with zero attached hydrogens (tertiary/aromatic N) is 2. The van der Waals surface area contributed by atoms with Crippen LogP contribution in [0.5, 0.6) is 0 Å². The lowest BCUT2D eigenvalue weighted by Gasteiger charge is -2.38. The van der Waals surface area contributed by atoms with Crippen molar-refractivity contribution >= 4 is 11.6 Å². The molecule has 0 unspecified atom stereocenters. The number of nitrogen functional groups attached to an aromatic ring is 1. The Morgan fingerprint density at radius 1 is 1.53 bits per heavy atom. The first-order chi connectivity index (χ1) is 6.99. The van der Waals surface area contributed by atoms with Crippen LogP contribution in [0.15, 0.2) is 18.5 Å². The van der Waals surface area contributed by atoms with Gasteiger partial charge in [-0.1, -0.05) is 0 Å². The summed E-state index contributed by atoms with van der Waals surface area (Å²) in [6, 6.07) is 1.42. The first-order valence-corrected chi connectivity index (χ1v) is 4.36. The number of anilines is 1. The topological polar surface area (TPSA) is 59.2 Å². The van der Waals surface area contributed by atoms with E-state index in [1.165, 1.54) is 18.5 Å². The SMILES string of the molecule is Nc1cnccc1C(=O)N1CC(F)(F)C1. The molecular formula is C9H9F2N3O. The van der Waals surface area contributed by atoms with Gasteiger partial charge >= 0.3 is 0 Å². The third-order valence-corrected chi connectivity index (χ3v) is 2.21. The molecule has 1 aromatic heterocycles. The number of halogens is 2. The standard InChI is InChI=1S/C9H9F2N3O/c10-9(11)4-14(5-9)8(15)6-1-2-13-3-7(6)12/h1-3H,4-5,12H2. The monoisotopic (exact) mass is 213 g/mol. The molecule has 4 nitrogen and oxygen atoms in total. The highest BCUT2D eigenvalue weighted by molar-refractivity contribution is 5.99. The molecule has 0 radical (unpaired) electrons. The van der Waals surface area contributed by atoms with Crippen LogP contribution >= 0.6 is 0 Å². The Balaban J connectivity index is 2.14. The number of alkyl halides is 2. The smallest absolute Gasteiger partial charge is 0.282 e. The summed E-state index contributed by atoms with van der Waals surface area (Å²) in [6.45, 7) is -1.07. The minimum Gasteiger partial charge on any atom is -0.397 e. The minimum absolute atomic E-state index is 0.206. The van der Waals surface area contributed by atoms with Crippen molar-refractivity contribution in [2.24, 2.45) is 0 Å². The molecule has 2 N–H and O–H groups in total. The molecule has 80 valence electrons. The molecule has 1 fully saturated rings. The average molecular weight is 213 g/mol. The number of aromatic nitrogens is 1. The molecule has 0 spiro atoms. The highest BCUT2D eigenvalue weighted by atomic mass is 19.3. The van der Waals surface area contributed by atoms with Gasteiger partial charge in [-0.3, -0.25) is 9.78 Å². The van der Waals surface area contributed by atoms with E-state index in [9.17, 15) is 13.6 Å². The molecule has 0 aromatic carbocycles. The summed E-state index contributed by atoms with van der Waals surface area (Å²) < 4.78 is 25.1. The number of likely N-dealkylation sites (tertiary alicyclic amines) is 1. The van der Waals surface area contributed by atoms with E-state index in [2.05, 4.69) is 4.98 Å². The summed E-state index contributed by atoms with van der Waals surface area (Å²) in [4.78, 5) is 16.4. The lowest BCUT2D eigenvalue weighted by atomic mass is 10.1. The molecule has 0 bridgehead atoms. The minimum atomic E-state index is -2.75. The Labute approximate surface area is 84.7 Å². The van der Waals surface area contributed by atoms with Crippen molar-refractivity contribution in [2.45, 2.75) is 5.92 Å². The zero-order valence-electron chi connectivity index (χ0n) is 7.78. The average Bonchev–Trinajstić information content (AvgIpc) is 2.14. The first kappa shape index (κ1) is 9.82. The van der Waals surface area contributed by atoms with Gasteiger partial charge in [0, 0.05) is 6.20 Å². The molecular weight excluding hydrogens is 204 g/mol. The van der Waals surface area contributed by atoms with Gasteiger partial charge in [0.15, 0.2) is 0 Å². The van der Waals surface area contributed by atoms with Gasteiger partial charge in [0.25, 0.3) is 11.8 Å². The number of pyridine rings is 1. The number of hydrogen-bond acceptors (Lipinski definition) is 3. The largest absolute Gasteiger partial charge is 0.397 e. The second-order valence-electron chi connectivity index (χ2n) is 3.48. The van der Waals surface area contributed by atoms with Crippen LogP contribution in [0.2, 0.25) is 0 Å². The summed E-state index contributed by atoms with van der Waals surface area (Å²) in [5, 5.41) is 0. The van der Waals surface area contributed by atoms with Crippen molar-refractivity contribution in [3.63, 3.8) is 0 Å². The molecule has 0 saturated carbocycles. The van der Waals surface area contributed by atoms with Gasteiger partial charge in [0.1, 0.15) is 0 Å². The van der Waals surface area contributed by atoms with Crippen LogP contribution in [-0.4, -0.2) is 34.8 Å². The summed E-state index contributed by atoms with van der Waals surface area (Å²) in [5.74, 6) is -3.22. The van der Waals surface area contributed by atoms with Crippen LogP contribution in [0.4, 0.5) is 14.5 Å². The van der Waals surface area contributed by atoms with Crippen molar-refractivity contribution in [2.75, 3.05) is 18.8 Å². The van der Waals surface area contributed by atoms with Gasteiger partial charge in [-0.15, -0.1) is 0 Å². The van der Waals surface area contributed by atoms with Gasteiger partial charge in [0.05, 0.1) is 30.5 Å². The molecule has 1 saturated heterocycles. The third kappa shape index (κ3) is 1.74. The van der Waals surface area contributed by atoms with Crippen LogP contribution in [0.3, 0.4) is 0 Å². The number of hydrogen-bond donors (Lipinski definition) is 1. The fourth-order valence-corrected chi connectivity index (χ4v) is 1.43. The summed E-state index contributed by atoms with van der Waals surface area (Å²) in [6.07, 6.45) is 2.73. The molecule has 1 amide bonds. The molecule has 6 heteroatoms. The highest BCUT2D eigenvalue weighted by Gasteiger charge is 2.46. The Morgan fingerprint density at radius 3 is 2.73 bits per heavy atom. The van der Waals surface area contributed by atoms with Crippen LogP contribution in [0.25, 0.3) is 0 Å². The normalized spacial score (nSPS) is 18.4. The Morgan fingerprint density at radius 2 is 2.20 bits per heavy atom. The van der Waals surface area contributed by atoms with Crippen molar-refractivity contribution in [3.8, 4) is 0 Å². The predicted octanol–water partition coefficient (Wildman–Crippen LogP) is 0.755. The molecule has 0 atom stereocenters. The van der Waals surface area contributed by atoms with E-state index >= 15 is 0 Å². The maximum Gasteiger partial charge on any atom is 0.282 e. The molecule has 1 aromatic rings. The highest BCUT2D eigenvalue weighted by Crippen LogP contribution is 2.28. The van der Waals surface area contributed by atoms with E-state index in [0.29, 0.717) is 0 Å². The second kappa shape index (κ2) is 3.15. The first-order valence-electron chi connectivity index (χ1n) is 4.36. The van der Waals surface area contributed by atoms with Gasteiger partial charge in [-0.2, -0.15) is 0 Å². The quantitative estimate of drug-likeness (QED) is 0.749. The molecule has 1 aliphatic heterocycles. The van der Waals surface area contributed by atoms with E-state index < -0.39 is 24.9 Å². The number of carbonyl (C=O) groups excluding carboxylic acids is 1. The van der Waals surface area contributed by atoms with Crippen molar-refractivity contribution in [1.29, 1.82) is 0 Å². The Hall–Kier alpha value is -1.72. The summed E-state index contributed by atoms with van der Waals surface area (Å²) in [5.41, 5.74) is 5.94. The number of nitrogens with two attached hydrogens (primary N) is 1. The molecule has 15 heavy (non-hydrogen) atoms. The third-order valence-electron chi connectivity index (χ3n) is 2.21. The van der Waals surface area contributed by atoms with Crippen molar-refractivity contribution < 1.29 is 13.6 Å². The zero-order valence-corrected chi connectivity index (χ0v) is 7.78. The lowest BCUT2D eigenvalue weighted by Crippen LogP contribution is -2.58. The molecule has 0 aliphatic carbocycles. The van der Waals surface area contributed by atoms with E-state index in [1.54, 1.807) is 0 Å². The van der Waals surface area contributed by atoms with Gasteiger partial charge in [0.2, 0.25) is 0 Å². The summed E-state index contributed by atoms with van der Waals surface area (Å²) in [7, 11) is 0. The van der Waals surface area contributed by atoms with Gasteiger partial charge in [-0.05, 0) is 6.07 Å². The Bertz CT molecular complexity index is 400. The maximum atomic E-state index is 12.5. The van der Waals surface area contributed by atoms with Gasteiger partial charge in [-0.25, -0.2) is 8.78 Å². The summed E-state index contributed by atoms with van der Waals surface area (Å²) >= 11 is 0. The second-order valence-corrected chi connectivity index (χ2v) is 3.48. The molecule has 2 heterocycles. The molecule has 2 rings (SSSR count). The number of carbonyl (C=O) groups is 1. The number of amides is 1. The van der Waals surface area contributed by atoms with Crippen molar-refractivity contribution in [3.05, 3.63) is 24.0 Å². The zero-order chi connectivity index (χ0) is 11.1. The van der Waals surface area contributed by atoms with Crippen LogP contribution in [-0.2, 0) is 0 Å². The van der Waals surface area contributed by atoms with Crippen LogP contribution in [0, 0.1) is 0 Å². The lowest BCUT2D eigenvalue weighted by molar-refractivity contribution is -0.113. The Kier molecular flexibility index (Phi) is 2.06. The van der Waals surface area contributed by atoms with Gasteiger partial charge < -0.3 is 10.6 Å². The van der Waals surface area contributed by atoms with Crippen LogP contribution in [0.1, 0.15) is 10.4 Å². The fourth-order valence-electron chi connectivity index (χ4n) is 1.43. The van der Waals surface area contributed by atoms with Crippen LogP contribution < -0.4 is 5.73 Å². The number of rotatable bonds is 1.